The molecule has 156 valence electrons. The Kier molecular flexibility index (Phi) is 5.79. The van der Waals surface area contributed by atoms with Crippen LogP contribution >= 0.6 is 0 Å². The summed E-state index contributed by atoms with van der Waals surface area (Å²) in [6.07, 6.45) is 4.05. The van der Waals surface area contributed by atoms with Gasteiger partial charge in [0.2, 0.25) is 5.91 Å². The zero-order valence-corrected chi connectivity index (χ0v) is 17.4. The number of nitrogens with one attached hydrogen (secondary N) is 1. The summed E-state index contributed by atoms with van der Waals surface area (Å²) in [4.78, 5) is 27.6. The number of hydrogen-bond acceptors (Lipinski definition) is 4. The van der Waals surface area contributed by atoms with E-state index >= 15 is 0 Å². The Bertz CT molecular complexity index is 1060. The van der Waals surface area contributed by atoms with E-state index in [0.717, 1.165) is 23.5 Å². The van der Waals surface area contributed by atoms with E-state index in [-0.39, 0.29) is 11.8 Å². The summed E-state index contributed by atoms with van der Waals surface area (Å²) in [7, 11) is 0. The Labute approximate surface area is 176 Å². The van der Waals surface area contributed by atoms with E-state index in [9.17, 15) is 9.59 Å². The van der Waals surface area contributed by atoms with Crippen LogP contribution in [0.5, 0.6) is 0 Å². The summed E-state index contributed by atoms with van der Waals surface area (Å²) in [6, 6.07) is 12.9. The van der Waals surface area contributed by atoms with Crippen molar-refractivity contribution in [3.05, 3.63) is 65.6 Å². The third-order valence-electron chi connectivity index (χ3n) is 5.48. The van der Waals surface area contributed by atoms with Gasteiger partial charge in [0.05, 0.1) is 0 Å². The lowest BCUT2D eigenvalue weighted by atomic mass is 10.0. The Morgan fingerprint density at radius 1 is 1.13 bits per heavy atom. The highest BCUT2D eigenvalue weighted by atomic mass is 16.2. The number of carbonyl (C=O) groups is 2. The molecule has 7 nitrogen and oxygen atoms in total. The van der Waals surface area contributed by atoms with Gasteiger partial charge in [0, 0.05) is 31.3 Å². The van der Waals surface area contributed by atoms with E-state index in [1.807, 2.05) is 53.1 Å². The van der Waals surface area contributed by atoms with Gasteiger partial charge in [0.25, 0.3) is 5.91 Å². The molecule has 1 atom stereocenters. The number of rotatable bonds is 8. The molecule has 1 N–H and O–H groups in total. The molecular formula is C23H27N5O2. The molecule has 0 saturated heterocycles. The largest absolute Gasteiger partial charge is 0.354 e. The molecule has 0 fully saturated rings. The Hall–Kier alpha value is -3.22. The first-order valence-corrected chi connectivity index (χ1v) is 10.5. The van der Waals surface area contributed by atoms with Crippen LogP contribution in [-0.2, 0) is 17.8 Å². The second kappa shape index (κ2) is 8.65. The lowest BCUT2D eigenvalue weighted by Crippen LogP contribution is -2.48. The molecule has 3 aromatic rings. The molecule has 30 heavy (non-hydrogen) atoms. The highest BCUT2D eigenvalue weighted by Crippen LogP contribution is 2.26. The van der Waals surface area contributed by atoms with E-state index in [0.29, 0.717) is 37.4 Å². The number of aromatic nitrogens is 3. The zero-order valence-electron chi connectivity index (χ0n) is 17.4. The van der Waals surface area contributed by atoms with Crippen molar-refractivity contribution in [3.8, 4) is 0 Å². The van der Waals surface area contributed by atoms with Crippen molar-refractivity contribution in [1.82, 2.24) is 24.8 Å². The van der Waals surface area contributed by atoms with Crippen molar-refractivity contribution in [3.63, 3.8) is 0 Å². The van der Waals surface area contributed by atoms with Crippen LogP contribution in [0.1, 0.15) is 48.4 Å². The molecule has 0 bridgehead atoms. The number of benzene rings is 1. The number of hydrogen-bond donors (Lipinski definition) is 1. The summed E-state index contributed by atoms with van der Waals surface area (Å²) in [5.74, 6) is 1.04. The molecule has 1 aromatic carbocycles. The summed E-state index contributed by atoms with van der Waals surface area (Å²) < 4.78 is 1.96. The van der Waals surface area contributed by atoms with Gasteiger partial charge in [-0.25, -0.2) is 0 Å². The van der Waals surface area contributed by atoms with E-state index in [2.05, 4.69) is 29.4 Å². The van der Waals surface area contributed by atoms with Crippen molar-refractivity contribution in [1.29, 1.82) is 0 Å². The highest BCUT2D eigenvalue weighted by molar-refractivity contribution is 6.01. The fourth-order valence-corrected chi connectivity index (χ4v) is 3.99. The molecule has 0 unspecified atom stereocenters. The number of amides is 2. The lowest BCUT2D eigenvalue weighted by molar-refractivity contribution is -0.126. The summed E-state index contributed by atoms with van der Waals surface area (Å²) >= 11 is 0. The van der Waals surface area contributed by atoms with Crippen LogP contribution in [0.4, 0.5) is 0 Å². The molecule has 1 aliphatic heterocycles. The maximum atomic E-state index is 13.0. The van der Waals surface area contributed by atoms with Crippen molar-refractivity contribution in [2.75, 3.05) is 6.54 Å². The number of nitrogens with zero attached hydrogens (tertiary/aromatic N) is 4. The van der Waals surface area contributed by atoms with Crippen LogP contribution in [-0.4, -0.2) is 43.9 Å². The van der Waals surface area contributed by atoms with Gasteiger partial charge in [0.15, 0.2) is 5.65 Å². The topological polar surface area (TPSA) is 79.6 Å². The fraction of sp³-hybridized carbons (Fsp3) is 0.391. The van der Waals surface area contributed by atoms with Gasteiger partial charge in [-0.05, 0) is 42.5 Å². The van der Waals surface area contributed by atoms with Gasteiger partial charge in [-0.1, -0.05) is 38.1 Å². The van der Waals surface area contributed by atoms with Crippen molar-refractivity contribution in [2.24, 2.45) is 5.92 Å². The SMILES string of the molecule is CC(C)C[C@H](C(=O)NCCCc1nnc2ccccn12)N1Cc2ccccc2C1=O. The molecule has 1 aliphatic rings. The molecule has 4 rings (SSSR count). The molecule has 3 heterocycles. The minimum absolute atomic E-state index is 0.0543. The Morgan fingerprint density at radius 3 is 2.73 bits per heavy atom. The first-order chi connectivity index (χ1) is 14.5. The van der Waals surface area contributed by atoms with Gasteiger partial charge in [-0.3, -0.25) is 14.0 Å². The van der Waals surface area contributed by atoms with Gasteiger partial charge in [-0.15, -0.1) is 10.2 Å². The number of aryl methyl sites for hydroxylation is 1. The van der Waals surface area contributed by atoms with E-state index in [1.54, 1.807) is 4.90 Å². The Morgan fingerprint density at radius 2 is 1.93 bits per heavy atom. The van der Waals surface area contributed by atoms with Crippen molar-refractivity contribution < 1.29 is 9.59 Å². The maximum absolute atomic E-state index is 13.0. The number of pyridine rings is 1. The molecule has 0 saturated carbocycles. The second-order valence-corrected chi connectivity index (χ2v) is 8.18. The number of fused-ring (bicyclic) bond motifs is 2. The summed E-state index contributed by atoms with van der Waals surface area (Å²) in [5.41, 5.74) is 2.51. The zero-order chi connectivity index (χ0) is 21.1. The average molecular weight is 406 g/mol. The van der Waals surface area contributed by atoms with E-state index < -0.39 is 6.04 Å². The fourth-order valence-electron chi connectivity index (χ4n) is 3.99. The molecule has 0 spiro atoms. The quantitative estimate of drug-likeness (QED) is 0.585. The second-order valence-electron chi connectivity index (χ2n) is 8.18. The van der Waals surface area contributed by atoms with Crippen LogP contribution in [0.15, 0.2) is 48.7 Å². The number of carbonyl (C=O) groups excluding carboxylic acids is 2. The first-order valence-electron chi connectivity index (χ1n) is 10.5. The third-order valence-corrected chi connectivity index (χ3v) is 5.48. The average Bonchev–Trinajstić information content (AvgIpc) is 3.30. The molecular weight excluding hydrogens is 378 g/mol. The third kappa shape index (κ3) is 4.06. The van der Waals surface area contributed by atoms with Crippen LogP contribution in [0.3, 0.4) is 0 Å². The molecule has 0 radical (unpaired) electrons. The van der Waals surface area contributed by atoms with Crippen LogP contribution in [0.2, 0.25) is 0 Å². The monoisotopic (exact) mass is 405 g/mol. The van der Waals surface area contributed by atoms with Crippen molar-refractivity contribution in [2.45, 2.75) is 45.7 Å². The van der Waals surface area contributed by atoms with Crippen LogP contribution in [0, 0.1) is 5.92 Å². The lowest BCUT2D eigenvalue weighted by Gasteiger charge is -2.28. The maximum Gasteiger partial charge on any atom is 0.255 e. The van der Waals surface area contributed by atoms with Gasteiger partial charge >= 0.3 is 0 Å². The molecule has 7 heteroatoms. The predicted octanol–water partition coefficient (Wildman–Crippen LogP) is 2.85. The van der Waals surface area contributed by atoms with Gasteiger partial charge in [0.1, 0.15) is 11.9 Å². The van der Waals surface area contributed by atoms with Gasteiger partial charge < -0.3 is 10.2 Å². The molecule has 2 aromatic heterocycles. The minimum Gasteiger partial charge on any atom is -0.354 e. The smallest absolute Gasteiger partial charge is 0.255 e. The normalized spacial score (nSPS) is 14.4. The van der Waals surface area contributed by atoms with E-state index in [4.69, 9.17) is 0 Å². The van der Waals surface area contributed by atoms with E-state index in [1.165, 1.54) is 0 Å². The van der Waals surface area contributed by atoms with Crippen molar-refractivity contribution >= 4 is 17.5 Å². The predicted molar refractivity (Wildman–Crippen MR) is 114 cm³/mol. The first kappa shape index (κ1) is 20.1. The van der Waals surface area contributed by atoms with Crippen LogP contribution in [0.25, 0.3) is 5.65 Å². The Balaban J connectivity index is 1.36. The van der Waals surface area contributed by atoms with Crippen LogP contribution < -0.4 is 5.32 Å². The summed E-state index contributed by atoms with van der Waals surface area (Å²) in [5, 5.41) is 11.4. The molecule has 2 amide bonds. The van der Waals surface area contributed by atoms with Gasteiger partial charge in [-0.2, -0.15) is 0 Å². The summed E-state index contributed by atoms with van der Waals surface area (Å²) in [6.45, 7) is 5.17. The highest BCUT2D eigenvalue weighted by Gasteiger charge is 2.36. The molecule has 0 aliphatic carbocycles. The standard InChI is InChI=1S/C23H27N5O2/c1-16(2)14-19(28-15-17-8-3-4-9-18(17)23(28)30)22(29)24-12-7-11-21-26-25-20-10-5-6-13-27(20)21/h3-6,8-10,13,16,19H,7,11-12,14-15H2,1-2H3,(H,24,29)/t19-/m1/s1. The minimum atomic E-state index is -0.459.